The molecule has 0 unspecified atom stereocenters. The largest absolute Gasteiger partial charge is 0.355 e. The average Bonchev–Trinajstić information content (AvgIpc) is 3.27. The predicted octanol–water partition coefficient (Wildman–Crippen LogP) is 3.51. The van der Waals surface area contributed by atoms with Crippen LogP contribution < -0.4 is 5.32 Å². The summed E-state index contributed by atoms with van der Waals surface area (Å²) in [5.41, 5.74) is 0.983. The Bertz CT molecular complexity index is 818. The third-order valence-corrected chi connectivity index (χ3v) is 5.33. The van der Waals surface area contributed by atoms with Crippen LogP contribution in [0.15, 0.2) is 46.9 Å². The van der Waals surface area contributed by atoms with Crippen LogP contribution in [-0.4, -0.2) is 32.9 Å². The molecule has 0 fully saturated rings. The van der Waals surface area contributed by atoms with E-state index in [2.05, 4.69) is 20.5 Å². The van der Waals surface area contributed by atoms with E-state index in [4.69, 9.17) is 0 Å². The van der Waals surface area contributed by atoms with Gasteiger partial charge in [0.15, 0.2) is 5.82 Å². The van der Waals surface area contributed by atoms with Gasteiger partial charge >= 0.3 is 0 Å². The van der Waals surface area contributed by atoms with E-state index < -0.39 is 0 Å². The quantitative estimate of drug-likeness (QED) is 0.619. The molecular formula is C17H17FN4OS2. The lowest BCUT2D eigenvalue weighted by atomic mass is 10.1. The Balaban J connectivity index is 1.46. The van der Waals surface area contributed by atoms with Crippen LogP contribution in [0.5, 0.6) is 0 Å². The van der Waals surface area contributed by atoms with Gasteiger partial charge in [-0.2, -0.15) is 0 Å². The highest BCUT2D eigenvalue weighted by atomic mass is 32.2. The molecule has 2 heterocycles. The number of rotatable bonds is 7. The maximum atomic E-state index is 12.9. The first-order valence-electron chi connectivity index (χ1n) is 7.77. The SMILES string of the molecule is C[C@H](Sc1n[nH]c(-c2cccs2)n1)C(=O)NCCc1ccc(F)cc1. The molecule has 1 amide bonds. The molecule has 1 aromatic carbocycles. The number of aromatic amines is 1. The second-order valence-electron chi connectivity index (χ2n) is 5.37. The number of thiophene rings is 1. The van der Waals surface area contributed by atoms with Crippen molar-refractivity contribution in [3.63, 3.8) is 0 Å². The molecule has 25 heavy (non-hydrogen) atoms. The third kappa shape index (κ3) is 4.90. The highest BCUT2D eigenvalue weighted by molar-refractivity contribution is 8.00. The van der Waals surface area contributed by atoms with Gasteiger partial charge in [0.1, 0.15) is 5.82 Å². The van der Waals surface area contributed by atoms with Crippen molar-refractivity contribution >= 4 is 29.0 Å². The van der Waals surface area contributed by atoms with Gasteiger partial charge in [-0.05, 0) is 42.5 Å². The zero-order valence-corrected chi connectivity index (χ0v) is 15.2. The summed E-state index contributed by atoms with van der Waals surface area (Å²) in [6, 6.07) is 10.2. The lowest BCUT2D eigenvalue weighted by molar-refractivity contribution is -0.120. The number of carbonyl (C=O) groups is 1. The first-order valence-corrected chi connectivity index (χ1v) is 9.53. The Labute approximate surface area is 153 Å². The van der Waals surface area contributed by atoms with Crippen LogP contribution in [0.2, 0.25) is 0 Å². The second-order valence-corrected chi connectivity index (χ2v) is 7.63. The Kier molecular flexibility index (Phi) is 5.83. The molecule has 1 atom stereocenters. The van der Waals surface area contributed by atoms with Gasteiger partial charge < -0.3 is 5.32 Å². The molecule has 0 saturated carbocycles. The van der Waals surface area contributed by atoms with Gasteiger partial charge in [-0.15, -0.1) is 16.4 Å². The lowest BCUT2D eigenvalue weighted by Gasteiger charge is -2.10. The minimum atomic E-state index is -0.305. The van der Waals surface area contributed by atoms with Crippen LogP contribution in [-0.2, 0) is 11.2 Å². The van der Waals surface area contributed by atoms with Crippen molar-refractivity contribution in [2.45, 2.75) is 23.8 Å². The number of thioether (sulfide) groups is 1. The molecule has 0 aliphatic heterocycles. The molecule has 130 valence electrons. The topological polar surface area (TPSA) is 70.7 Å². The van der Waals surface area contributed by atoms with Crippen LogP contribution in [0.25, 0.3) is 10.7 Å². The predicted molar refractivity (Wildman–Crippen MR) is 98.1 cm³/mol. The van der Waals surface area contributed by atoms with Crippen molar-refractivity contribution in [3.8, 4) is 10.7 Å². The smallest absolute Gasteiger partial charge is 0.233 e. The maximum Gasteiger partial charge on any atom is 0.233 e. The van der Waals surface area contributed by atoms with E-state index in [0.717, 1.165) is 10.4 Å². The van der Waals surface area contributed by atoms with E-state index in [1.165, 1.54) is 23.9 Å². The van der Waals surface area contributed by atoms with E-state index in [-0.39, 0.29) is 17.0 Å². The second kappa shape index (κ2) is 8.26. The zero-order chi connectivity index (χ0) is 17.6. The van der Waals surface area contributed by atoms with Gasteiger partial charge in [-0.25, -0.2) is 9.37 Å². The van der Waals surface area contributed by atoms with E-state index in [1.807, 2.05) is 24.4 Å². The number of H-pyrrole nitrogens is 1. The monoisotopic (exact) mass is 376 g/mol. The molecule has 0 aliphatic carbocycles. The van der Waals surface area contributed by atoms with Crippen molar-refractivity contribution < 1.29 is 9.18 Å². The number of hydrogen-bond acceptors (Lipinski definition) is 5. The molecule has 2 aromatic heterocycles. The van der Waals surface area contributed by atoms with Crippen molar-refractivity contribution in [2.75, 3.05) is 6.54 Å². The summed E-state index contributed by atoms with van der Waals surface area (Å²) < 4.78 is 12.9. The van der Waals surface area contributed by atoms with Crippen molar-refractivity contribution in [2.24, 2.45) is 0 Å². The van der Waals surface area contributed by atoms with Crippen LogP contribution in [0, 0.1) is 5.82 Å². The Hall–Kier alpha value is -2.19. The highest BCUT2D eigenvalue weighted by Crippen LogP contribution is 2.25. The molecular weight excluding hydrogens is 359 g/mol. The van der Waals surface area contributed by atoms with Crippen LogP contribution in [0.3, 0.4) is 0 Å². The minimum absolute atomic E-state index is 0.0745. The van der Waals surface area contributed by atoms with E-state index in [0.29, 0.717) is 23.9 Å². The molecule has 0 aliphatic rings. The van der Waals surface area contributed by atoms with Crippen LogP contribution in [0.1, 0.15) is 12.5 Å². The Morgan fingerprint density at radius 1 is 1.36 bits per heavy atom. The molecule has 0 spiro atoms. The van der Waals surface area contributed by atoms with E-state index in [1.54, 1.807) is 23.5 Å². The minimum Gasteiger partial charge on any atom is -0.355 e. The summed E-state index contributed by atoms with van der Waals surface area (Å²) in [6.07, 6.45) is 0.659. The average molecular weight is 376 g/mol. The van der Waals surface area contributed by atoms with E-state index >= 15 is 0 Å². The normalized spacial score (nSPS) is 12.1. The number of halogens is 1. The molecule has 0 saturated heterocycles. The fourth-order valence-corrected chi connectivity index (χ4v) is 3.57. The fourth-order valence-electron chi connectivity index (χ4n) is 2.16. The van der Waals surface area contributed by atoms with Crippen molar-refractivity contribution in [1.82, 2.24) is 20.5 Å². The summed E-state index contributed by atoms with van der Waals surface area (Å²) in [4.78, 5) is 17.6. The standard InChI is InChI=1S/C17H17FN4OS2/c1-11(16(23)19-9-8-12-4-6-13(18)7-5-12)25-17-20-15(21-22-17)14-3-2-10-24-14/h2-7,10-11H,8-9H2,1H3,(H,19,23)(H,20,21,22)/t11-/m0/s1. The summed E-state index contributed by atoms with van der Waals surface area (Å²) in [7, 11) is 0. The number of nitrogens with zero attached hydrogens (tertiary/aromatic N) is 2. The molecule has 8 heteroatoms. The molecule has 0 radical (unpaired) electrons. The maximum absolute atomic E-state index is 12.9. The molecule has 2 N–H and O–H groups in total. The third-order valence-electron chi connectivity index (χ3n) is 3.50. The number of benzene rings is 1. The number of aromatic nitrogens is 3. The van der Waals surface area contributed by atoms with Crippen molar-refractivity contribution in [1.29, 1.82) is 0 Å². The lowest BCUT2D eigenvalue weighted by Crippen LogP contribution is -2.32. The first-order chi connectivity index (χ1) is 12.1. The van der Waals surface area contributed by atoms with Gasteiger partial charge in [0.2, 0.25) is 11.1 Å². The molecule has 3 rings (SSSR count). The molecule has 5 nitrogen and oxygen atoms in total. The molecule has 0 bridgehead atoms. The van der Waals surface area contributed by atoms with E-state index in [9.17, 15) is 9.18 Å². The van der Waals surface area contributed by atoms with Gasteiger partial charge in [0.25, 0.3) is 0 Å². The molecule has 3 aromatic rings. The van der Waals surface area contributed by atoms with Crippen LogP contribution in [0.4, 0.5) is 4.39 Å². The zero-order valence-electron chi connectivity index (χ0n) is 13.5. The van der Waals surface area contributed by atoms with Crippen molar-refractivity contribution in [3.05, 3.63) is 53.2 Å². The van der Waals surface area contributed by atoms with Gasteiger partial charge in [0, 0.05) is 6.54 Å². The van der Waals surface area contributed by atoms with Gasteiger partial charge in [-0.1, -0.05) is 30.0 Å². The number of amides is 1. The summed E-state index contributed by atoms with van der Waals surface area (Å²) >= 11 is 2.89. The number of hydrogen-bond donors (Lipinski definition) is 2. The fraction of sp³-hybridized carbons (Fsp3) is 0.235. The summed E-state index contributed by atoms with van der Waals surface area (Å²) in [5, 5.41) is 12.1. The summed E-state index contributed by atoms with van der Waals surface area (Å²) in [6.45, 7) is 2.32. The number of carbonyl (C=O) groups excluding carboxylic acids is 1. The summed E-state index contributed by atoms with van der Waals surface area (Å²) in [5.74, 6) is 0.377. The Morgan fingerprint density at radius 2 is 2.16 bits per heavy atom. The highest BCUT2D eigenvalue weighted by Gasteiger charge is 2.17. The first kappa shape index (κ1) is 17.6. The van der Waals surface area contributed by atoms with Gasteiger partial charge in [0.05, 0.1) is 10.1 Å². The van der Waals surface area contributed by atoms with Crippen LogP contribution >= 0.6 is 23.1 Å². The Morgan fingerprint density at radius 3 is 2.88 bits per heavy atom. The number of nitrogens with one attached hydrogen (secondary N) is 2. The van der Waals surface area contributed by atoms with Gasteiger partial charge in [-0.3, -0.25) is 9.89 Å².